The van der Waals surface area contributed by atoms with E-state index in [4.69, 9.17) is 4.74 Å². The Morgan fingerprint density at radius 3 is 2.93 bits per heavy atom. The molecule has 0 amide bonds. The molecule has 1 aliphatic heterocycles. The lowest BCUT2D eigenvalue weighted by Crippen LogP contribution is -2.38. The number of β-amino-alcohol motifs (C(OH)–C–C–N with tert-alkyl or cyclic N) is 1. The van der Waals surface area contributed by atoms with Crippen molar-refractivity contribution in [2.24, 2.45) is 0 Å². The highest BCUT2D eigenvalue weighted by Crippen LogP contribution is 2.12. The van der Waals surface area contributed by atoms with Crippen LogP contribution in [-0.2, 0) is 4.74 Å². The average molecular weight is 196 g/mol. The van der Waals surface area contributed by atoms with Crippen LogP contribution in [0.15, 0.2) is 18.3 Å². The number of nitrogens with zero attached hydrogens (tertiary/aromatic N) is 1. The molecule has 4 nitrogen and oxygen atoms in total. The summed E-state index contributed by atoms with van der Waals surface area (Å²) in [5, 5.41) is 9.85. The number of nitrogens with one attached hydrogen (secondary N) is 1. The van der Waals surface area contributed by atoms with Crippen molar-refractivity contribution in [1.82, 2.24) is 9.88 Å². The fourth-order valence-corrected chi connectivity index (χ4v) is 1.68. The quantitative estimate of drug-likeness (QED) is 0.734. The van der Waals surface area contributed by atoms with E-state index in [0.29, 0.717) is 6.54 Å². The number of ether oxygens (including phenoxy) is 1. The number of hydrogen-bond donors (Lipinski definition) is 2. The van der Waals surface area contributed by atoms with E-state index in [-0.39, 0.29) is 0 Å². The van der Waals surface area contributed by atoms with E-state index < -0.39 is 6.10 Å². The molecule has 1 unspecified atom stereocenters. The molecule has 0 saturated carbocycles. The summed E-state index contributed by atoms with van der Waals surface area (Å²) in [5.74, 6) is 0. The number of aromatic amines is 1. The standard InChI is InChI=1S/C10H16N2O2/c13-10(9-2-1-3-11-9)8-12-4-6-14-7-5-12/h1-3,10-11,13H,4-8H2. The molecule has 0 bridgehead atoms. The topological polar surface area (TPSA) is 48.5 Å². The molecule has 4 heteroatoms. The van der Waals surface area contributed by atoms with Gasteiger partial charge in [-0.15, -0.1) is 0 Å². The molecule has 1 aliphatic rings. The Morgan fingerprint density at radius 1 is 1.50 bits per heavy atom. The van der Waals surface area contributed by atoms with Gasteiger partial charge in [-0.3, -0.25) is 4.90 Å². The first kappa shape index (κ1) is 9.71. The van der Waals surface area contributed by atoms with Crippen molar-refractivity contribution >= 4 is 0 Å². The van der Waals surface area contributed by atoms with Gasteiger partial charge in [-0.2, -0.15) is 0 Å². The molecule has 0 radical (unpaired) electrons. The number of hydrogen-bond acceptors (Lipinski definition) is 3. The molecule has 1 aromatic heterocycles. The minimum Gasteiger partial charge on any atom is -0.386 e. The maximum atomic E-state index is 9.85. The van der Waals surface area contributed by atoms with Crippen molar-refractivity contribution in [3.05, 3.63) is 24.0 Å². The fourth-order valence-electron chi connectivity index (χ4n) is 1.68. The lowest BCUT2D eigenvalue weighted by atomic mass is 10.2. The third-order valence-electron chi connectivity index (χ3n) is 2.52. The van der Waals surface area contributed by atoms with Crippen LogP contribution in [0.1, 0.15) is 11.8 Å². The van der Waals surface area contributed by atoms with Crippen molar-refractivity contribution in [1.29, 1.82) is 0 Å². The summed E-state index contributed by atoms with van der Waals surface area (Å²) in [5.41, 5.74) is 0.886. The zero-order valence-electron chi connectivity index (χ0n) is 8.15. The molecule has 2 rings (SSSR count). The minimum atomic E-state index is -0.414. The fraction of sp³-hybridized carbons (Fsp3) is 0.600. The second-order valence-corrected chi connectivity index (χ2v) is 3.55. The van der Waals surface area contributed by atoms with Gasteiger partial charge in [-0.05, 0) is 12.1 Å². The van der Waals surface area contributed by atoms with Crippen molar-refractivity contribution in [3.8, 4) is 0 Å². The molecule has 1 fully saturated rings. The third-order valence-corrected chi connectivity index (χ3v) is 2.52. The Balaban J connectivity index is 1.84. The maximum absolute atomic E-state index is 9.85. The Hall–Kier alpha value is -0.840. The van der Waals surface area contributed by atoms with Crippen LogP contribution in [0, 0.1) is 0 Å². The predicted octanol–water partition coefficient (Wildman–Crippen LogP) is 0.380. The van der Waals surface area contributed by atoms with E-state index >= 15 is 0 Å². The van der Waals surface area contributed by atoms with Crippen LogP contribution >= 0.6 is 0 Å². The van der Waals surface area contributed by atoms with Crippen molar-refractivity contribution in [3.63, 3.8) is 0 Å². The molecular weight excluding hydrogens is 180 g/mol. The molecule has 14 heavy (non-hydrogen) atoms. The minimum absolute atomic E-state index is 0.414. The van der Waals surface area contributed by atoms with Crippen molar-refractivity contribution < 1.29 is 9.84 Å². The normalized spacial score (nSPS) is 20.9. The van der Waals surface area contributed by atoms with E-state index in [1.807, 2.05) is 18.3 Å². The number of aromatic nitrogens is 1. The van der Waals surface area contributed by atoms with Crippen LogP contribution in [0.5, 0.6) is 0 Å². The second kappa shape index (κ2) is 4.59. The van der Waals surface area contributed by atoms with E-state index in [1.54, 1.807) is 0 Å². The highest BCUT2D eigenvalue weighted by Gasteiger charge is 2.16. The molecule has 0 aromatic carbocycles. The van der Waals surface area contributed by atoms with Gasteiger partial charge in [0.05, 0.1) is 13.2 Å². The largest absolute Gasteiger partial charge is 0.386 e. The number of aliphatic hydroxyl groups excluding tert-OH is 1. The van der Waals surface area contributed by atoms with Crippen LogP contribution in [0.4, 0.5) is 0 Å². The van der Waals surface area contributed by atoms with Gasteiger partial charge in [0.2, 0.25) is 0 Å². The van der Waals surface area contributed by atoms with Crippen molar-refractivity contribution in [2.45, 2.75) is 6.10 Å². The summed E-state index contributed by atoms with van der Waals surface area (Å²) in [7, 11) is 0. The molecule has 2 heterocycles. The maximum Gasteiger partial charge on any atom is 0.106 e. The van der Waals surface area contributed by atoms with Gasteiger partial charge in [0.15, 0.2) is 0 Å². The van der Waals surface area contributed by atoms with Crippen LogP contribution < -0.4 is 0 Å². The highest BCUT2D eigenvalue weighted by atomic mass is 16.5. The predicted molar refractivity (Wildman–Crippen MR) is 53.0 cm³/mol. The zero-order valence-corrected chi connectivity index (χ0v) is 8.15. The molecule has 0 spiro atoms. The summed E-state index contributed by atoms with van der Waals surface area (Å²) < 4.78 is 5.24. The Bertz CT molecular complexity index is 255. The SMILES string of the molecule is OC(CN1CCOCC1)c1ccc[nH]1. The van der Waals surface area contributed by atoms with Gasteiger partial charge in [-0.25, -0.2) is 0 Å². The molecular formula is C10H16N2O2. The number of H-pyrrole nitrogens is 1. The summed E-state index contributed by atoms with van der Waals surface area (Å²) in [4.78, 5) is 5.24. The van der Waals surface area contributed by atoms with Gasteiger partial charge in [0.25, 0.3) is 0 Å². The lowest BCUT2D eigenvalue weighted by Gasteiger charge is -2.28. The van der Waals surface area contributed by atoms with E-state index in [1.165, 1.54) is 0 Å². The Kier molecular flexibility index (Phi) is 3.18. The Morgan fingerprint density at radius 2 is 2.29 bits per heavy atom. The molecule has 78 valence electrons. The molecule has 1 aromatic rings. The van der Waals surface area contributed by atoms with Crippen LogP contribution in [0.3, 0.4) is 0 Å². The third kappa shape index (κ3) is 2.35. The smallest absolute Gasteiger partial charge is 0.106 e. The van der Waals surface area contributed by atoms with Gasteiger partial charge >= 0.3 is 0 Å². The second-order valence-electron chi connectivity index (χ2n) is 3.55. The number of aliphatic hydroxyl groups is 1. The molecule has 1 saturated heterocycles. The number of morpholine rings is 1. The summed E-state index contributed by atoms with van der Waals surface area (Å²) in [6.07, 6.45) is 1.42. The zero-order chi connectivity index (χ0) is 9.80. The van der Waals surface area contributed by atoms with Gasteiger partial charge in [0, 0.05) is 31.5 Å². The average Bonchev–Trinajstić information content (AvgIpc) is 2.72. The van der Waals surface area contributed by atoms with E-state index in [2.05, 4.69) is 9.88 Å². The Labute approximate surface area is 83.5 Å². The highest BCUT2D eigenvalue weighted by molar-refractivity contribution is 5.07. The first-order valence-electron chi connectivity index (χ1n) is 4.98. The lowest BCUT2D eigenvalue weighted by molar-refractivity contribution is 0.0136. The van der Waals surface area contributed by atoms with Gasteiger partial charge < -0.3 is 14.8 Å². The van der Waals surface area contributed by atoms with E-state index in [9.17, 15) is 5.11 Å². The first-order valence-corrected chi connectivity index (χ1v) is 4.98. The van der Waals surface area contributed by atoms with Gasteiger partial charge in [-0.1, -0.05) is 0 Å². The van der Waals surface area contributed by atoms with E-state index in [0.717, 1.165) is 32.0 Å². The van der Waals surface area contributed by atoms with Crippen LogP contribution in [0.2, 0.25) is 0 Å². The first-order chi connectivity index (χ1) is 6.86. The van der Waals surface area contributed by atoms with Gasteiger partial charge in [0.1, 0.15) is 6.10 Å². The van der Waals surface area contributed by atoms with Crippen molar-refractivity contribution in [2.75, 3.05) is 32.8 Å². The monoisotopic (exact) mass is 196 g/mol. The molecule has 0 aliphatic carbocycles. The van der Waals surface area contributed by atoms with Crippen LogP contribution in [0.25, 0.3) is 0 Å². The summed E-state index contributed by atoms with van der Waals surface area (Å²) in [6.45, 7) is 4.06. The summed E-state index contributed by atoms with van der Waals surface area (Å²) in [6, 6.07) is 3.81. The van der Waals surface area contributed by atoms with Crippen LogP contribution in [-0.4, -0.2) is 47.8 Å². The molecule has 1 atom stereocenters. The molecule has 2 N–H and O–H groups in total. The number of rotatable bonds is 3. The summed E-state index contributed by atoms with van der Waals surface area (Å²) >= 11 is 0.